The smallest absolute Gasteiger partial charge is 0.258 e. The van der Waals surface area contributed by atoms with Gasteiger partial charge in [0.15, 0.2) is 0 Å². The lowest BCUT2D eigenvalue weighted by Gasteiger charge is -2.29. The number of anilines is 6. The van der Waals surface area contributed by atoms with Crippen LogP contribution >= 0.6 is 0 Å². The molecule has 1 heterocycles. The molecule has 330 valence electrons. The maximum atomic E-state index is 15.2. The van der Waals surface area contributed by atoms with Crippen molar-refractivity contribution in [2.45, 2.75) is 86.5 Å². The zero-order valence-electron chi connectivity index (χ0n) is 38.0. The summed E-state index contributed by atoms with van der Waals surface area (Å²) < 4.78 is 0. The van der Waals surface area contributed by atoms with Gasteiger partial charge in [0.1, 0.15) is 0 Å². The molecule has 1 aliphatic heterocycles. The van der Waals surface area contributed by atoms with Gasteiger partial charge in [-0.15, -0.1) is 0 Å². The summed E-state index contributed by atoms with van der Waals surface area (Å²) in [5.41, 5.74) is 7.68. The molecule has 6 rings (SSSR count). The number of benzene rings is 5. The molecular formula is C53H64N6O4. The minimum atomic E-state index is -0.295. The first-order valence-electron chi connectivity index (χ1n) is 23.0. The average molecular weight is 849 g/mol. The fourth-order valence-electron chi connectivity index (χ4n) is 8.06. The van der Waals surface area contributed by atoms with Crippen molar-refractivity contribution in [3.8, 4) is 0 Å². The van der Waals surface area contributed by atoms with E-state index in [1.807, 2.05) is 113 Å². The fraction of sp³-hybridized carbons (Fsp3) is 0.358. The van der Waals surface area contributed by atoms with Gasteiger partial charge in [0, 0.05) is 95.6 Å². The number of nitrogens with one attached hydrogen (secondary N) is 2. The first kappa shape index (κ1) is 46.1. The SMILES string of the molecule is CCCNc1cc2cc(c1)N(CCC)C(=O)c1cc(NCCC)cc(c1)N(CCC)C(=O)c1cc(N(CCC)C(=O)c3ccc(Cc4ccccc4)cc3)cc(c1)N(CCC)C2=O. The van der Waals surface area contributed by atoms with Gasteiger partial charge in [-0.2, -0.15) is 0 Å². The summed E-state index contributed by atoms with van der Waals surface area (Å²) >= 11 is 0. The van der Waals surface area contributed by atoms with Crippen molar-refractivity contribution in [3.63, 3.8) is 0 Å². The van der Waals surface area contributed by atoms with E-state index in [9.17, 15) is 9.59 Å². The van der Waals surface area contributed by atoms with Crippen LogP contribution < -0.4 is 30.2 Å². The van der Waals surface area contributed by atoms with Gasteiger partial charge in [-0.3, -0.25) is 19.2 Å². The molecule has 1 aliphatic rings. The normalized spacial score (nSPS) is 12.9. The minimum Gasteiger partial charge on any atom is -0.385 e. The van der Waals surface area contributed by atoms with Crippen molar-refractivity contribution in [1.29, 1.82) is 0 Å². The van der Waals surface area contributed by atoms with Gasteiger partial charge in [0.2, 0.25) is 0 Å². The summed E-state index contributed by atoms with van der Waals surface area (Å²) in [7, 11) is 0. The van der Waals surface area contributed by atoms with Crippen molar-refractivity contribution < 1.29 is 19.2 Å². The molecule has 5 aromatic carbocycles. The highest BCUT2D eigenvalue weighted by molar-refractivity contribution is 6.14. The number of nitrogens with zero attached hydrogens (tertiary/aromatic N) is 4. The molecule has 0 aromatic heterocycles. The molecule has 2 N–H and O–H groups in total. The first-order valence-corrected chi connectivity index (χ1v) is 23.0. The van der Waals surface area contributed by atoms with Crippen molar-refractivity contribution >= 4 is 57.8 Å². The van der Waals surface area contributed by atoms with E-state index in [-0.39, 0.29) is 23.6 Å². The lowest BCUT2D eigenvalue weighted by molar-refractivity contribution is 0.0974. The third kappa shape index (κ3) is 11.2. The van der Waals surface area contributed by atoms with E-state index in [2.05, 4.69) is 36.6 Å². The van der Waals surface area contributed by atoms with Gasteiger partial charge >= 0.3 is 0 Å². The second-order valence-corrected chi connectivity index (χ2v) is 16.3. The Morgan fingerprint density at radius 2 is 0.937 bits per heavy atom. The highest BCUT2D eigenvalue weighted by Crippen LogP contribution is 2.34. The van der Waals surface area contributed by atoms with E-state index in [4.69, 9.17) is 0 Å². The van der Waals surface area contributed by atoms with E-state index < -0.39 is 0 Å². The molecule has 0 radical (unpaired) electrons. The van der Waals surface area contributed by atoms with Crippen LogP contribution in [0.4, 0.5) is 34.1 Å². The molecule has 0 unspecified atom stereocenters. The van der Waals surface area contributed by atoms with E-state index >= 15 is 9.59 Å². The molecule has 0 saturated carbocycles. The van der Waals surface area contributed by atoms with Crippen LogP contribution in [0.1, 0.15) is 133 Å². The van der Waals surface area contributed by atoms with Crippen LogP contribution in [0.3, 0.4) is 0 Å². The van der Waals surface area contributed by atoms with Gasteiger partial charge < -0.3 is 30.2 Å². The van der Waals surface area contributed by atoms with E-state index in [1.165, 1.54) is 5.56 Å². The third-order valence-corrected chi connectivity index (χ3v) is 11.1. The Kier molecular flexibility index (Phi) is 16.2. The molecule has 6 bridgehead atoms. The standard InChI is InChI=1S/C53H64N6O4/c1-7-22-54-44-29-41-31-47(36-44)57(25-10-4)53(63)43-33-48(58(26-11-5)50(60)40-20-18-39(19-21-40)28-38-16-14-13-15-17-38)37-49(34-43)59(27-12-6)52(62)42-30-45(55-23-8-2)35-46(32-42)56(24-9-3)51(41)61/h13-21,29-37,54-55H,7-12,22-28H2,1-6H3. The molecule has 5 aromatic rings. The predicted molar refractivity (Wildman–Crippen MR) is 260 cm³/mol. The predicted octanol–water partition coefficient (Wildman–Crippen LogP) is 11.5. The number of hydrogen-bond donors (Lipinski definition) is 2. The van der Waals surface area contributed by atoms with Crippen LogP contribution in [0, 0.1) is 0 Å². The molecule has 10 nitrogen and oxygen atoms in total. The van der Waals surface area contributed by atoms with Crippen LogP contribution in [0.5, 0.6) is 0 Å². The Balaban J connectivity index is 1.57. The molecule has 0 saturated heterocycles. The number of amides is 4. The summed E-state index contributed by atoms with van der Waals surface area (Å²) in [5.74, 6) is -0.988. The summed E-state index contributed by atoms with van der Waals surface area (Å²) in [6.45, 7) is 15.2. The monoisotopic (exact) mass is 848 g/mol. The van der Waals surface area contributed by atoms with Gasteiger partial charge in [-0.05, 0) is 123 Å². The summed E-state index contributed by atoms with van der Waals surface area (Å²) in [5, 5.41) is 6.94. The van der Waals surface area contributed by atoms with Crippen LogP contribution in [0.15, 0.2) is 109 Å². The van der Waals surface area contributed by atoms with Crippen molar-refractivity contribution in [2.24, 2.45) is 0 Å². The molecule has 4 amide bonds. The topological polar surface area (TPSA) is 105 Å². The number of fused-ring (bicyclic) bond motifs is 6. The molecule has 0 aliphatic carbocycles. The molecular weight excluding hydrogens is 785 g/mol. The Bertz CT molecular complexity index is 2360. The molecule has 0 spiro atoms. The lowest BCUT2D eigenvalue weighted by Crippen LogP contribution is -2.35. The van der Waals surface area contributed by atoms with E-state index in [1.54, 1.807) is 31.7 Å². The van der Waals surface area contributed by atoms with Crippen LogP contribution in [0.2, 0.25) is 0 Å². The van der Waals surface area contributed by atoms with Gasteiger partial charge in [-0.1, -0.05) is 84.0 Å². The van der Waals surface area contributed by atoms with E-state index in [0.717, 1.165) is 36.2 Å². The van der Waals surface area contributed by atoms with Gasteiger partial charge in [0.25, 0.3) is 23.6 Å². The Morgan fingerprint density at radius 1 is 0.492 bits per heavy atom. The largest absolute Gasteiger partial charge is 0.385 e. The maximum absolute atomic E-state index is 15.2. The fourth-order valence-corrected chi connectivity index (χ4v) is 8.06. The Hall–Kier alpha value is -6.42. The third-order valence-electron chi connectivity index (χ3n) is 11.1. The van der Waals surface area contributed by atoms with Crippen molar-refractivity contribution in [1.82, 2.24) is 0 Å². The average Bonchev–Trinajstić information content (AvgIpc) is 3.31. The number of hydrogen-bond acceptors (Lipinski definition) is 6. The molecule has 63 heavy (non-hydrogen) atoms. The first-order chi connectivity index (χ1) is 30.6. The second kappa shape index (κ2) is 22.1. The highest BCUT2D eigenvalue weighted by Gasteiger charge is 2.29. The maximum Gasteiger partial charge on any atom is 0.258 e. The second-order valence-electron chi connectivity index (χ2n) is 16.3. The minimum absolute atomic E-state index is 0.198. The van der Waals surface area contributed by atoms with Crippen LogP contribution in [-0.4, -0.2) is 62.9 Å². The Labute approximate surface area is 374 Å². The van der Waals surface area contributed by atoms with Crippen molar-refractivity contribution in [2.75, 3.05) is 69.5 Å². The number of carbonyl (C=O) groups excluding carboxylic acids is 4. The summed E-state index contributed by atoms with van der Waals surface area (Å²) in [6.07, 6.45) is 5.12. The lowest BCUT2D eigenvalue weighted by atomic mass is 10.0. The summed E-state index contributed by atoms with van der Waals surface area (Å²) in [6, 6.07) is 34.6. The quantitative estimate of drug-likeness (QED) is 0.0910. The molecule has 0 fully saturated rings. The highest BCUT2D eigenvalue weighted by atomic mass is 16.2. The summed E-state index contributed by atoms with van der Waals surface area (Å²) in [4.78, 5) is 66.7. The number of rotatable bonds is 18. The van der Waals surface area contributed by atoms with Crippen LogP contribution in [-0.2, 0) is 6.42 Å². The van der Waals surface area contributed by atoms with Crippen molar-refractivity contribution in [3.05, 3.63) is 143 Å². The zero-order valence-corrected chi connectivity index (χ0v) is 38.0. The van der Waals surface area contributed by atoms with Crippen LogP contribution in [0.25, 0.3) is 0 Å². The van der Waals surface area contributed by atoms with Gasteiger partial charge in [-0.25, -0.2) is 0 Å². The molecule has 10 heteroatoms. The zero-order chi connectivity index (χ0) is 44.9. The van der Waals surface area contributed by atoms with Gasteiger partial charge in [0.05, 0.1) is 0 Å². The van der Waals surface area contributed by atoms with E-state index in [0.29, 0.717) is 110 Å². The Morgan fingerprint density at radius 3 is 1.38 bits per heavy atom. The number of carbonyl (C=O) groups is 4. The molecule has 0 atom stereocenters.